The van der Waals surface area contributed by atoms with E-state index < -0.39 is 5.97 Å². The lowest BCUT2D eigenvalue weighted by Gasteiger charge is -2.36. The number of nitrogens with zero attached hydrogens (tertiary/aromatic N) is 2. The number of rotatable bonds is 4. The molecule has 0 bridgehead atoms. The van der Waals surface area contributed by atoms with E-state index in [0.29, 0.717) is 35.3 Å². The molecule has 5 nitrogen and oxygen atoms in total. The zero-order valence-electron chi connectivity index (χ0n) is 15.3. The molecule has 1 N–H and O–H groups in total. The Hall–Kier alpha value is -2.31. The molecule has 2 atom stereocenters. The van der Waals surface area contributed by atoms with E-state index in [1.165, 1.54) is 19.4 Å². The van der Waals surface area contributed by atoms with Gasteiger partial charge in [0.2, 0.25) is 0 Å². The first-order chi connectivity index (χ1) is 12.5. The molecule has 138 valence electrons. The van der Waals surface area contributed by atoms with Crippen molar-refractivity contribution in [1.82, 2.24) is 15.2 Å². The van der Waals surface area contributed by atoms with Gasteiger partial charge in [0.05, 0.1) is 7.11 Å². The van der Waals surface area contributed by atoms with Crippen molar-refractivity contribution in [3.8, 4) is 11.1 Å². The van der Waals surface area contributed by atoms with Crippen LogP contribution in [0.2, 0.25) is 0 Å². The molecule has 6 heteroatoms. The molecule has 1 aromatic carbocycles. The topological polar surface area (TPSA) is 54.5 Å². The van der Waals surface area contributed by atoms with Gasteiger partial charge >= 0.3 is 5.97 Å². The molecule has 0 unspecified atom stereocenters. The van der Waals surface area contributed by atoms with E-state index in [1.54, 1.807) is 18.2 Å². The minimum absolute atomic E-state index is 0.187. The van der Waals surface area contributed by atoms with Gasteiger partial charge in [-0.25, -0.2) is 14.2 Å². The number of hydrogen-bond donors (Lipinski definition) is 1. The Kier molecular flexibility index (Phi) is 5.64. The second-order valence-electron chi connectivity index (χ2n) is 6.86. The summed E-state index contributed by atoms with van der Waals surface area (Å²) >= 11 is 0. The predicted octanol–water partition coefficient (Wildman–Crippen LogP) is 2.86. The average molecular weight is 357 g/mol. The number of pyridine rings is 1. The number of hydrogen-bond acceptors (Lipinski definition) is 5. The first-order valence-corrected chi connectivity index (χ1v) is 8.78. The molecular weight excluding hydrogens is 333 g/mol. The van der Waals surface area contributed by atoms with Crippen LogP contribution in [-0.2, 0) is 11.3 Å². The highest BCUT2D eigenvalue weighted by Gasteiger charge is 2.22. The molecule has 0 amide bonds. The van der Waals surface area contributed by atoms with Gasteiger partial charge in [-0.3, -0.25) is 4.90 Å². The second-order valence-corrected chi connectivity index (χ2v) is 6.86. The largest absolute Gasteiger partial charge is 0.464 e. The Balaban J connectivity index is 1.83. The van der Waals surface area contributed by atoms with Crippen LogP contribution in [-0.4, -0.2) is 48.1 Å². The van der Waals surface area contributed by atoms with E-state index in [2.05, 4.69) is 29.0 Å². The van der Waals surface area contributed by atoms with Crippen LogP contribution < -0.4 is 5.32 Å². The standard InChI is InChI=1S/C20H24FN3O2/c1-13-10-24(11-14(2)23-13)12-16-7-6-15(9-18(16)21)17-5-4-8-22-19(17)20(25)26-3/h4-9,13-14,23H,10-12H2,1-3H3/t13-,14+. The van der Waals surface area contributed by atoms with Gasteiger partial charge < -0.3 is 10.1 Å². The summed E-state index contributed by atoms with van der Waals surface area (Å²) in [6, 6.07) is 9.32. The lowest BCUT2D eigenvalue weighted by Crippen LogP contribution is -2.53. The number of carbonyl (C=O) groups excluding carboxylic acids is 1. The van der Waals surface area contributed by atoms with Crippen LogP contribution in [0, 0.1) is 5.82 Å². The third-order valence-corrected chi connectivity index (χ3v) is 4.58. The van der Waals surface area contributed by atoms with Crippen LogP contribution in [0.4, 0.5) is 4.39 Å². The molecule has 0 aliphatic carbocycles. The molecule has 0 spiro atoms. The number of halogens is 1. The average Bonchev–Trinajstić information content (AvgIpc) is 2.62. The molecule has 2 aromatic rings. The summed E-state index contributed by atoms with van der Waals surface area (Å²) in [5.41, 5.74) is 2.02. The normalized spacial score (nSPS) is 20.8. The van der Waals surface area contributed by atoms with E-state index >= 15 is 0 Å². The number of ether oxygens (including phenoxy) is 1. The van der Waals surface area contributed by atoms with E-state index in [4.69, 9.17) is 4.74 Å². The minimum Gasteiger partial charge on any atom is -0.464 e. The van der Waals surface area contributed by atoms with Gasteiger partial charge in [0.15, 0.2) is 5.69 Å². The molecule has 1 saturated heterocycles. The number of carbonyl (C=O) groups is 1. The summed E-state index contributed by atoms with van der Waals surface area (Å²) in [7, 11) is 1.31. The smallest absolute Gasteiger partial charge is 0.357 e. The predicted molar refractivity (Wildman–Crippen MR) is 98.3 cm³/mol. The monoisotopic (exact) mass is 357 g/mol. The molecule has 0 saturated carbocycles. The number of aromatic nitrogens is 1. The first-order valence-electron chi connectivity index (χ1n) is 8.78. The fourth-order valence-electron chi connectivity index (χ4n) is 3.55. The van der Waals surface area contributed by atoms with Gasteiger partial charge in [0.25, 0.3) is 0 Å². The van der Waals surface area contributed by atoms with E-state index in [-0.39, 0.29) is 11.5 Å². The summed E-state index contributed by atoms with van der Waals surface area (Å²) < 4.78 is 19.5. The summed E-state index contributed by atoms with van der Waals surface area (Å²) in [4.78, 5) is 18.2. The fourth-order valence-corrected chi connectivity index (χ4v) is 3.55. The lowest BCUT2D eigenvalue weighted by atomic mass is 10.0. The van der Waals surface area contributed by atoms with Gasteiger partial charge in [-0.2, -0.15) is 0 Å². The van der Waals surface area contributed by atoms with Gasteiger partial charge in [0.1, 0.15) is 5.82 Å². The summed E-state index contributed by atoms with van der Waals surface area (Å²) in [5, 5.41) is 3.48. The van der Waals surface area contributed by atoms with Crippen LogP contribution in [0.15, 0.2) is 36.5 Å². The summed E-state index contributed by atoms with van der Waals surface area (Å²) in [6.07, 6.45) is 1.52. The second kappa shape index (κ2) is 7.93. The number of esters is 1. The maximum atomic E-state index is 14.7. The third kappa shape index (κ3) is 4.08. The van der Waals surface area contributed by atoms with E-state index in [0.717, 1.165) is 13.1 Å². The molecular formula is C20H24FN3O2. The Morgan fingerprint density at radius 1 is 1.31 bits per heavy atom. The molecule has 0 radical (unpaired) electrons. The number of piperazine rings is 1. The van der Waals surface area contributed by atoms with Crippen LogP contribution in [0.25, 0.3) is 11.1 Å². The molecule has 26 heavy (non-hydrogen) atoms. The van der Waals surface area contributed by atoms with Crippen molar-refractivity contribution in [1.29, 1.82) is 0 Å². The number of nitrogens with one attached hydrogen (secondary N) is 1. The Bertz CT molecular complexity index is 786. The van der Waals surface area contributed by atoms with Gasteiger partial charge in [-0.15, -0.1) is 0 Å². The molecule has 1 aromatic heterocycles. The molecule has 1 aliphatic heterocycles. The summed E-state index contributed by atoms with van der Waals surface area (Å²) in [5.74, 6) is -0.810. The zero-order chi connectivity index (χ0) is 18.7. The lowest BCUT2D eigenvalue weighted by molar-refractivity contribution is 0.0595. The van der Waals surface area contributed by atoms with Crippen molar-refractivity contribution in [3.05, 3.63) is 53.6 Å². The molecule has 1 fully saturated rings. The highest BCUT2D eigenvalue weighted by molar-refractivity contribution is 5.95. The Morgan fingerprint density at radius 3 is 2.69 bits per heavy atom. The van der Waals surface area contributed by atoms with Crippen LogP contribution in [0.3, 0.4) is 0 Å². The van der Waals surface area contributed by atoms with Crippen LogP contribution >= 0.6 is 0 Å². The van der Waals surface area contributed by atoms with Crippen molar-refractivity contribution in [2.45, 2.75) is 32.5 Å². The van der Waals surface area contributed by atoms with Gasteiger partial charge in [-0.1, -0.05) is 18.2 Å². The molecule has 3 rings (SSSR count). The Morgan fingerprint density at radius 2 is 2.04 bits per heavy atom. The quantitative estimate of drug-likeness (QED) is 0.853. The van der Waals surface area contributed by atoms with Crippen LogP contribution in [0.5, 0.6) is 0 Å². The first kappa shape index (κ1) is 18.5. The molecule has 1 aliphatic rings. The molecule has 2 heterocycles. The Labute approximate surface area is 153 Å². The van der Waals surface area contributed by atoms with Crippen molar-refractivity contribution in [3.63, 3.8) is 0 Å². The van der Waals surface area contributed by atoms with Gasteiger partial charge in [0, 0.05) is 49.0 Å². The highest BCUT2D eigenvalue weighted by Crippen LogP contribution is 2.25. The van der Waals surface area contributed by atoms with Crippen molar-refractivity contribution >= 4 is 5.97 Å². The summed E-state index contributed by atoms with van der Waals surface area (Å²) in [6.45, 7) is 6.62. The number of methoxy groups -OCH3 is 1. The highest BCUT2D eigenvalue weighted by atomic mass is 19.1. The fraction of sp³-hybridized carbons (Fsp3) is 0.400. The maximum absolute atomic E-state index is 14.7. The van der Waals surface area contributed by atoms with Crippen molar-refractivity contribution in [2.75, 3.05) is 20.2 Å². The number of benzene rings is 1. The SMILES string of the molecule is COC(=O)c1ncccc1-c1ccc(CN2C[C@@H](C)N[C@@H](C)C2)c(F)c1. The maximum Gasteiger partial charge on any atom is 0.357 e. The van der Waals surface area contributed by atoms with E-state index in [9.17, 15) is 9.18 Å². The zero-order valence-corrected chi connectivity index (χ0v) is 15.3. The van der Waals surface area contributed by atoms with Crippen molar-refractivity contribution < 1.29 is 13.9 Å². The van der Waals surface area contributed by atoms with Crippen molar-refractivity contribution in [2.24, 2.45) is 0 Å². The van der Waals surface area contributed by atoms with E-state index in [1.807, 2.05) is 6.07 Å². The van der Waals surface area contributed by atoms with Crippen LogP contribution in [0.1, 0.15) is 29.9 Å². The van der Waals surface area contributed by atoms with Gasteiger partial charge in [-0.05, 0) is 31.5 Å². The third-order valence-electron chi connectivity index (χ3n) is 4.58. The minimum atomic E-state index is -0.533.